The van der Waals surface area contributed by atoms with Gasteiger partial charge in [-0.3, -0.25) is 0 Å². The van der Waals surface area contributed by atoms with E-state index in [0.29, 0.717) is 17.7 Å². The average molecular weight is 364 g/mol. The van der Waals surface area contributed by atoms with Gasteiger partial charge in [0.25, 0.3) is 0 Å². The minimum absolute atomic E-state index is 0.0485. The van der Waals surface area contributed by atoms with Crippen LogP contribution < -0.4 is 5.32 Å². The highest BCUT2D eigenvalue weighted by atomic mass is 35.5. The van der Waals surface area contributed by atoms with Crippen LogP contribution in [0.25, 0.3) is 11.1 Å². The molecule has 2 aromatic rings. The largest absolute Gasteiger partial charge is 0.507 e. The van der Waals surface area contributed by atoms with Crippen molar-refractivity contribution in [1.82, 2.24) is 5.32 Å². The van der Waals surface area contributed by atoms with Crippen molar-refractivity contribution in [1.29, 1.82) is 0 Å². The van der Waals surface area contributed by atoms with Crippen molar-refractivity contribution in [2.45, 2.75) is 59.0 Å². The number of phenols is 1. The van der Waals surface area contributed by atoms with Gasteiger partial charge in [0, 0.05) is 23.2 Å². The first-order valence-corrected chi connectivity index (χ1v) is 8.83. The molecule has 0 aliphatic heterocycles. The molecule has 0 radical (unpaired) electrons. The number of halogens is 2. The van der Waals surface area contributed by atoms with E-state index < -0.39 is 5.82 Å². The first-order chi connectivity index (χ1) is 11.4. The Hall–Kier alpha value is -1.58. The fourth-order valence-electron chi connectivity index (χ4n) is 2.51. The summed E-state index contributed by atoms with van der Waals surface area (Å²) < 4.78 is 13.5. The van der Waals surface area contributed by atoms with E-state index in [1.807, 2.05) is 12.1 Å². The summed E-state index contributed by atoms with van der Waals surface area (Å²) in [5.41, 5.74) is 3.14. The van der Waals surface area contributed by atoms with Gasteiger partial charge in [-0.05, 0) is 55.5 Å². The number of benzene rings is 2. The number of hydrogen-bond acceptors (Lipinski definition) is 2. The minimum atomic E-state index is -0.466. The summed E-state index contributed by atoms with van der Waals surface area (Å²) in [6.45, 7) is 13.2. The van der Waals surface area contributed by atoms with Gasteiger partial charge in [0.1, 0.15) is 11.6 Å². The molecular formula is C21H27ClFNO. The van der Waals surface area contributed by atoms with Crippen molar-refractivity contribution in [2.75, 3.05) is 0 Å². The van der Waals surface area contributed by atoms with Crippen molar-refractivity contribution in [3.8, 4) is 16.9 Å². The van der Waals surface area contributed by atoms with E-state index >= 15 is 0 Å². The Morgan fingerprint density at radius 1 is 1.04 bits per heavy atom. The molecule has 0 spiro atoms. The Kier molecular flexibility index (Phi) is 5.50. The Morgan fingerprint density at radius 2 is 1.68 bits per heavy atom. The molecule has 0 fully saturated rings. The van der Waals surface area contributed by atoms with Crippen LogP contribution in [-0.2, 0) is 12.0 Å². The lowest BCUT2D eigenvalue weighted by atomic mass is 9.83. The van der Waals surface area contributed by atoms with E-state index in [1.165, 1.54) is 6.07 Å². The lowest BCUT2D eigenvalue weighted by Crippen LogP contribution is -2.35. The summed E-state index contributed by atoms with van der Waals surface area (Å²) >= 11 is 5.94. The van der Waals surface area contributed by atoms with Gasteiger partial charge in [-0.15, -0.1) is 0 Å². The highest BCUT2D eigenvalue weighted by Crippen LogP contribution is 2.38. The Morgan fingerprint density at radius 3 is 2.20 bits per heavy atom. The standard InChI is InChI=1S/C21H27ClFNO/c1-20(2,3)15-9-14(12-24-21(4,5)6)19(25)16(11-15)13-7-8-18(23)17(22)10-13/h7-11,24-25H,12H2,1-6H3. The van der Waals surface area contributed by atoms with Gasteiger partial charge >= 0.3 is 0 Å². The van der Waals surface area contributed by atoms with Crippen LogP contribution in [-0.4, -0.2) is 10.6 Å². The van der Waals surface area contributed by atoms with E-state index in [4.69, 9.17) is 11.6 Å². The molecule has 0 bridgehead atoms. The molecule has 0 saturated heterocycles. The molecule has 0 saturated carbocycles. The van der Waals surface area contributed by atoms with Gasteiger partial charge in [0.05, 0.1) is 5.02 Å². The van der Waals surface area contributed by atoms with E-state index in [2.05, 4.69) is 46.9 Å². The normalized spacial score (nSPS) is 12.5. The molecule has 4 heteroatoms. The van der Waals surface area contributed by atoms with Crippen LogP contribution in [0.5, 0.6) is 5.75 Å². The van der Waals surface area contributed by atoms with Gasteiger partial charge < -0.3 is 10.4 Å². The highest BCUT2D eigenvalue weighted by molar-refractivity contribution is 6.31. The van der Waals surface area contributed by atoms with E-state index in [9.17, 15) is 9.50 Å². The third kappa shape index (κ3) is 4.96. The fraction of sp³-hybridized carbons (Fsp3) is 0.429. The molecule has 0 amide bonds. The van der Waals surface area contributed by atoms with Crippen molar-refractivity contribution < 1.29 is 9.50 Å². The molecule has 136 valence electrons. The van der Waals surface area contributed by atoms with Gasteiger partial charge in [-0.25, -0.2) is 4.39 Å². The topological polar surface area (TPSA) is 32.3 Å². The van der Waals surface area contributed by atoms with Crippen molar-refractivity contribution >= 4 is 11.6 Å². The Balaban J connectivity index is 2.59. The minimum Gasteiger partial charge on any atom is -0.507 e. The van der Waals surface area contributed by atoms with Crippen molar-refractivity contribution in [3.63, 3.8) is 0 Å². The highest BCUT2D eigenvalue weighted by Gasteiger charge is 2.21. The fourth-order valence-corrected chi connectivity index (χ4v) is 2.69. The smallest absolute Gasteiger partial charge is 0.141 e. The van der Waals surface area contributed by atoms with E-state index in [-0.39, 0.29) is 21.7 Å². The second-order valence-corrected chi connectivity index (χ2v) is 8.92. The second-order valence-electron chi connectivity index (χ2n) is 8.51. The molecule has 2 nitrogen and oxygen atoms in total. The Bertz CT molecular complexity index is 773. The molecule has 0 aliphatic rings. The zero-order chi connectivity index (χ0) is 19.0. The SMILES string of the molecule is CC(C)(C)NCc1cc(C(C)(C)C)cc(-c2ccc(F)c(Cl)c2)c1O. The van der Waals surface area contributed by atoms with Gasteiger partial charge in [-0.1, -0.05) is 44.5 Å². The van der Waals surface area contributed by atoms with Crippen LogP contribution in [0, 0.1) is 5.82 Å². The van der Waals surface area contributed by atoms with Crippen LogP contribution in [0.2, 0.25) is 5.02 Å². The maximum Gasteiger partial charge on any atom is 0.141 e. The monoisotopic (exact) mass is 363 g/mol. The summed E-state index contributed by atoms with van der Waals surface area (Å²) in [6.07, 6.45) is 0. The first kappa shape index (κ1) is 19.7. The number of phenolic OH excluding ortho intramolecular Hbond substituents is 1. The molecule has 2 N–H and O–H groups in total. The van der Waals surface area contributed by atoms with Crippen LogP contribution in [0.1, 0.15) is 52.7 Å². The molecule has 0 atom stereocenters. The van der Waals surface area contributed by atoms with Crippen LogP contribution in [0.3, 0.4) is 0 Å². The maximum atomic E-state index is 13.5. The van der Waals surface area contributed by atoms with E-state index in [1.54, 1.807) is 12.1 Å². The zero-order valence-corrected chi connectivity index (χ0v) is 16.6. The van der Waals surface area contributed by atoms with Crippen LogP contribution in [0.15, 0.2) is 30.3 Å². The zero-order valence-electron chi connectivity index (χ0n) is 15.8. The van der Waals surface area contributed by atoms with Gasteiger partial charge in [0.15, 0.2) is 0 Å². The van der Waals surface area contributed by atoms with Crippen molar-refractivity contribution in [3.05, 3.63) is 52.3 Å². The molecule has 25 heavy (non-hydrogen) atoms. The summed E-state index contributed by atoms with van der Waals surface area (Å²) in [6, 6.07) is 8.51. The molecule has 0 aromatic heterocycles. The number of hydrogen-bond donors (Lipinski definition) is 2. The predicted octanol–water partition coefficient (Wildman–Crippen LogP) is 6.04. The molecular weight excluding hydrogens is 337 g/mol. The first-order valence-electron chi connectivity index (χ1n) is 8.45. The summed E-state index contributed by atoms with van der Waals surface area (Å²) in [7, 11) is 0. The van der Waals surface area contributed by atoms with E-state index in [0.717, 1.165) is 11.1 Å². The third-order valence-electron chi connectivity index (χ3n) is 4.09. The third-order valence-corrected chi connectivity index (χ3v) is 4.38. The molecule has 0 heterocycles. The molecule has 2 rings (SSSR count). The predicted molar refractivity (Wildman–Crippen MR) is 104 cm³/mol. The number of rotatable bonds is 3. The maximum absolute atomic E-state index is 13.5. The molecule has 0 unspecified atom stereocenters. The lowest BCUT2D eigenvalue weighted by Gasteiger charge is -2.25. The average Bonchev–Trinajstić information content (AvgIpc) is 2.47. The van der Waals surface area contributed by atoms with Gasteiger partial charge in [0.2, 0.25) is 0 Å². The van der Waals surface area contributed by atoms with Crippen LogP contribution in [0.4, 0.5) is 4.39 Å². The number of nitrogens with one attached hydrogen (secondary N) is 1. The summed E-state index contributed by atoms with van der Waals surface area (Å²) in [4.78, 5) is 0. The molecule has 0 aliphatic carbocycles. The van der Waals surface area contributed by atoms with Gasteiger partial charge in [-0.2, -0.15) is 0 Å². The summed E-state index contributed by atoms with van der Waals surface area (Å²) in [5.74, 6) is -0.265. The molecule has 2 aromatic carbocycles. The second kappa shape index (κ2) is 6.97. The summed E-state index contributed by atoms with van der Waals surface area (Å²) in [5, 5.41) is 14.3. The number of aromatic hydroxyl groups is 1. The lowest BCUT2D eigenvalue weighted by molar-refractivity contribution is 0.411. The van der Waals surface area contributed by atoms with Crippen LogP contribution >= 0.6 is 11.6 Å². The quantitative estimate of drug-likeness (QED) is 0.697. The van der Waals surface area contributed by atoms with Crippen molar-refractivity contribution in [2.24, 2.45) is 0 Å². The Labute approximate surface area is 155 Å².